The summed E-state index contributed by atoms with van der Waals surface area (Å²) >= 11 is 0. The molecule has 0 aromatic heterocycles. The zero-order valence-corrected chi connectivity index (χ0v) is 29.6. The Morgan fingerprint density at radius 3 is 2.00 bits per heavy atom. The second-order valence-electron chi connectivity index (χ2n) is 16.4. The van der Waals surface area contributed by atoms with E-state index in [0.717, 1.165) is 30.8 Å². The van der Waals surface area contributed by atoms with Gasteiger partial charge in [-0.05, 0) is 120 Å². The summed E-state index contributed by atoms with van der Waals surface area (Å²) in [5.41, 5.74) is 17.8. The molecule has 0 radical (unpaired) electrons. The lowest BCUT2D eigenvalue weighted by Gasteiger charge is -2.36. The largest absolute Gasteiger partial charge is 0.458 e. The van der Waals surface area contributed by atoms with Crippen LogP contribution in [0.3, 0.4) is 0 Å². The van der Waals surface area contributed by atoms with Crippen LogP contribution in [0.25, 0.3) is 39.1 Å². The molecule has 0 saturated heterocycles. The fraction of sp³-hybridized carbons (Fsp3) is 0.234. The molecule has 0 spiro atoms. The third-order valence-electron chi connectivity index (χ3n) is 11.2. The van der Waals surface area contributed by atoms with E-state index in [-0.39, 0.29) is 17.5 Å². The van der Waals surface area contributed by atoms with Gasteiger partial charge in [-0.1, -0.05) is 150 Å². The molecule has 0 atom stereocenters. The van der Waals surface area contributed by atoms with E-state index in [1.54, 1.807) is 0 Å². The van der Waals surface area contributed by atoms with Gasteiger partial charge in [0.1, 0.15) is 11.5 Å². The van der Waals surface area contributed by atoms with Crippen molar-refractivity contribution in [1.29, 1.82) is 0 Å². The van der Waals surface area contributed by atoms with E-state index in [1.165, 1.54) is 82.8 Å². The van der Waals surface area contributed by atoms with Gasteiger partial charge in [-0.2, -0.15) is 0 Å². The monoisotopic (exact) mass is 634 g/mol. The van der Waals surface area contributed by atoms with Gasteiger partial charge in [0.2, 0.25) is 0 Å². The molecule has 6 aromatic rings. The molecule has 0 N–H and O–H groups in total. The second kappa shape index (κ2) is 10.8. The van der Waals surface area contributed by atoms with E-state index in [2.05, 4.69) is 157 Å². The van der Waals surface area contributed by atoms with Crippen LogP contribution < -0.4 is 21.1 Å². The van der Waals surface area contributed by atoms with Crippen molar-refractivity contribution in [2.45, 2.75) is 71.6 Å². The van der Waals surface area contributed by atoms with Gasteiger partial charge in [0.15, 0.2) is 0 Å². The first-order valence-electron chi connectivity index (χ1n) is 18.0. The average molecular weight is 635 g/mol. The summed E-state index contributed by atoms with van der Waals surface area (Å²) in [6.45, 7) is 14.0. The summed E-state index contributed by atoms with van der Waals surface area (Å²) in [6.07, 6.45) is 7.75. The van der Waals surface area contributed by atoms with Crippen LogP contribution in [0.15, 0.2) is 109 Å². The third-order valence-corrected chi connectivity index (χ3v) is 11.2. The molecule has 2 heteroatoms. The molecule has 240 valence electrons. The minimum absolute atomic E-state index is 0.0479. The number of allylic oxidation sites excluding steroid dienone is 1. The minimum atomic E-state index is 0.0479. The lowest BCUT2D eigenvalue weighted by Crippen LogP contribution is -2.59. The van der Waals surface area contributed by atoms with Crippen LogP contribution in [0, 0.1) is 0 Å². The van der Waals surface area contributed by atoms with Gasteiger partial charge in [0.25, 0.3) is 6.71 Å². The van der Waals surface area contributed by atoms with E-state index in [1.807, 2.05) is 0 Å². The Morgan fingerprint density at radius 2 is 1.27 bits per heavy atom. The van der Waals surface area contributed by atoms with Crippen molar-refractivity contribution in [2.24, 2.45) is 0 Å². The highest BCUT2D eigenvalue weighted by atomic mass is 16.5. The SMILES string of the molecule is CC(C)(C)c1ccc2c(c1)B1c3cc(C(C)(C)C)ccc3Oc3cc(-c4c5c(c(-c6ccccc6)c6ccccc46)CCC=C5)cc(c31)C2. The standard InChI is InChI=1S/C47H43BO/c1-46(2,3)33-21-20-30-24-32-25-31(26-42-45(32)48(39(30)27-33)40-28-34(47(4,5)6)22-23-41(40)49-42)44-37-18-12-10-16-35(37)43(29-14-8-7-9-15-29)36-17-11-13-19-38(36)44/h7-10,12-16,18-23,25-28H,11,17,24H2,1-6H3. The predicted molar refractivity (Wildman–Crippen MR) is 210 cm³/mol. The molecule has 0 fully saturated rings. The van der Waals surface area contributed by atoms with Crippen LogP contribution in [-0.2, 0) is 23.7 Å². The minimum Gasteiger partial charge on any atom is -0.458 e. The summed E-state index contributed by atoms with van der Waals surface area (Å²) in [4.78, 5) is 0. The summed E-state index contributed by atoms with van der Waals surface area (Å²) in [7, 11) is 0. The fourth-order valence-electron chi connectivity index (χ4n) is 8.64. The first-order valence-corrected chi connectivity index (χ1v) is 18.0. The quantitative estimate of drug-likeness (QED) is 0.172. The molecule has 2 heterocycles. The van der Waals surface area contributed by atoms with Crippen molar-refractivity contribution in [3.63, 3.8) is 0 Å². The number of fused-ring (bicyclic) bond motifs is 6. The highest BCUT2D eigenvalue weighted by molar-refractivity contribution is 6.97. The normalized spacial score (nSPS) is 14.5. The average Bonchev–Trinajstić information content (AvgIpc) is 3.09. The number of hydrogen-bond donors (Lipinski definition) is 0. The summed E-state index contributed by atoms with van der Waals surface area (Å²) in [5, 5.41) is 2.62. The molecule has 0 saturated carbocycles. The van der Waals surface area contributed by atoms with Gasteiger partial charge in [0, 0.05) is 0 Å². The summed E-state index contributed by atoms with van der Waals surface area (Å²) in [6, 6.07) is 39.0. The van der Waals surface area contributed by atoms with Crippen molar-refractivity contribution in [3.05, 3.63) is 143 Å². The molecule has 9 rings (SSSR count). The zero-order valence-electron chi connectivity index (χ0n) is 29.6. The van der Waals surface area contributed by atoms with Crippen molar-refractivity contribution < 1.29 is 4.74 Å². The number of benzene rings is 6. The first kappa shape index (κ1) is 30.3. The molecular weight excluding hydrogens is 591 g/mol. The highest BCUT2D eigenvalue weighted by Crippen LogP contribution is 2.46. The van der Waals surface area contributed by atoms with Crippen LogP contribution in [0.1, 0.15) is 81.3 Å². The highest BCUT2D eigenvalue weighted by Gasteiger charge is 2.40. The van der Waals surface area contributed by atoms with Gasteiger partial charge in [-0.25, -0.2) is 0 Å². The Bertz CT molecular complexity index is 2260. The molecule has 2 aliphatic heterocycles. The lowest BCUT2D eigenvalue weighted by atomic mass is 9.32. The van der Waals surface area contributed by atoms with Crippen LogP contribution >= 0.6 is 0 Å². The van der Waals surface area contributed by atoms with E-state index in [9.17, 15) is 0 Å². The van der Waals surface area contributed by atoms with E-state index >= 15 is 0 Å². The Labute approximate surface area is 291 Å². The Morgan fingerprint density at radius 1 is 0.592 bits per heavy atom. The molecule has 0 unspecified atom stereocenters. The smallest absolute Gasteiger partial charge is 0.251 e. The molecule has 0 bridgehead atoms. The van der Waals surface area contributed by atoms with Crippen molar-refractivity contribution in [1.82, 2.24) is 0 Å². The molecule has 1 nitrogen and oxygen atoms in total. The number of ether oxygens (including phenoxy) is 1. The fourth-order valence-corrected chi connectivity index (χ4v) is 8.64. The Balaban J connectivity index is 1.31. The van der Waals surface area contributed by atoms with Gasteiger partial charge < -0.3 is 4.74 Å². The van der Waals surface area contributed by atoms with Crippen molar-refractivity contribution in [2.75, 3.05) is 0 Å². The van der Waals surface area contributed by atoms with E-state index < -0.39 is 0 Å². The van der Waals surface area contributed by atoms with Crippen molar-refractivity contribution >= 4 is 39.9 Å². The van der Waals surface area contributed by atoms with Crippen LogP contribution in [0.2, 0.25) is 0 Å². The van der Waals surface area contributed by atoms with Crippen LogP contribution in [-0.4, -0.2) is 6.71 Å². The summed E-state index contributed by atoms with van der Waals surface area (Å²) < 4.78 is 7.00. The van der Waals surface area contributed by atoms with E-state index in [4.69, 9.17) is 4.74 Å². The number of rotatable bonds is 2. The van der Waals surface area contributed by atoms with E-state index in [0.29, 0.717) is 0 Å². The molecule has 0 amide bonds. The molecule has 6 aromatic carbocycles. The van der Waals surface area contributed by atoms with Gasteiger partial charge in [0.05, 0.1) is 0 Å². The maximum Gasteiger partial charge on any atom is 0.251 e. The molecule has 3 aliphatic rings. The predicted octanol–water partition coefficient (Wildman–Crippen LogP) is 10.3. The first-order chi connectivity index (χ1) is 23.6. The maximum absolute atomic E-state index is 7.00. The topological polar surface area (TPSA) is 9.23 Å². The van der Waals surface area contributed by atoms with Crippen molar-refractivity contribution in [3.8, 4) is 33.8 Å². The Hall–Kier alpha value is -4.82. The summed E-state index contributed by atoms with van der Waals surface area (Å²) in [5.74, 6) is 1.99. The van der Waals surface area contributed by atoms with Gasteiger partial charge >= 0.3 is 0 Å². The zero-order chi connectivity index (χ0) is 33.7. The lowest BCUT2D eigenvalue weighted by molar-refractivity contribution is 0.486. The van der Waals surface area contributed by atoms with Crippen LogP contribution in [0.4, 0.5) is 0 Å². The Kier molecular flexibility index (Phi) is 6.70. The molecule has 1 aliphatic carbocycles. The third kappa shape index (κ3) is 4.83. The molecular formula is C47H43BO. The second-order valence-corrected chi connectivity index (χ2v) is 16.4. The molecule has 49 heavy (non-hydrogen) atoms. The van der Waals surface area contributed by atoms with Gasteiger partial charge in [-0.3, -0.25) is 0 Å². The van der Waals surface area contributed by atoms with Crippen LogP contribution in [0.5, 0.6) is 11.5 Å². The maximum atomic E-state index is 7.00. The number of hydrogen-bond acceptors (Lipinski definition) is 1. The van der Waals surface area contributed by atoms with Gasteiger partial charge in [-0.15, -0.1) is 0 Å².